The topological polar surface area (TPSA) is 111 Å². The summed E-state index contributed by atoms with van der Waals surface area (Å²) in [7, 11) is 1.25. The van der Waals surface area contributed by atoms with E-state index in [0.29, 0.717) is 25.8 Å². The van der Waals surface area contributed by atoms with Crippen LogP contribution in [0.5, 0.6) is 5.75 Å². The minimum Gasteiger partial charge on any atom is -0.508 e. The fourth-order valence-electron chi connectivity index (χ4n) is 3.90. The van der Waals surface area contributed by atoms with Gasteiger partial charge in [0.1, 0.15) is 11.4 Å². The van der Waals surface area contributed by atoms with E-state index in [1.54, 1.807) is 12.1 Å². The molecule has 0 fully saturated rings. The van der Waals surface area contributed by atoms with Gasteiger partial charge < -0.3 is 15.3 Å². The van der Waals surface area contributed by atoms with Crippen LogP contribution in [-0.2, 0) is 12.8 Å². The molecule has 1 aliphatic rings. The van der Waals surface area contributed by atoms with Crippen molar-refractivity contribution in [1.82, 2.24) is 9.88 Å². The highest BCUT2D eigenvalue weighted by molar-refractivity contribution is 6.71. The van der Waals surface area contributed by atoms with Gasteiger partial charge in [0.25, 0.3) is 7.28 Å². The third-order valence-electron chi connectivity index (χ3n) is 5.31. The Kier molecular flexibility index (Phi) is 6.88. The summed E-state index contributed by atoms with van der Waals surface area (Å²) in [5, 5.41) is 28.2. The number of nitrogens with zero attached hydrogens (tertiary/aromatic N) is 2. The molecular formula is C21H24BN2O5. The van der Waals surface area contributed by atoms with E-state index in [2.05, 4.69) is 9.88 Å². The average Bonchev–Trinajstić information content (AvgIpc) is 2.70. The number of benzene rings is 1. The van der Waals surface area contributed by atoms with Gasteiger partial charge in [0, 0.05) is 18.3 Å². The minimum absolute atomic E-state index is 0.0437. The van der Waals surface area contributed by atoms with Crippen LogP contribution in [0, 0.1) is 0 Å². The summed E-state index contributed by atoms with van der Waals surface area (Å²) < 4.78 is 0. The molecule has 1 atom stereocenters. The van der Waals surface area contributed by atoms with E-state index in [1.165, 1.54) is 13.3 Å². The molecule has 1 aromatic heterocycles. The molecule has 1 heterocycles. The first kappa shape index (κ1) is 20.9. The third-order valence-corrected chi connectivity index (χ3v) is 5.31. The van der Waals surface area contributed by atoms with E-state index in [9.17, 15) is 19.8 Å². The molecule has 0 spiro atoms. The molecule has 2 aromatic rings. The van der Waals surface area contributed by atoms with Gasteiger partial charge in [0.2, 0.25) is 5.87 Å². The number of aryl methyl sites for hydroxylation is 1. The van der Waals surface area contributed by atoms with Crippen molar-refractivity contribution in [2.75, 3.05) is 13.1 Å². The summed E-state index contributed by atoms with van der Waals surface area (Å²) in [6.45, 7) is 1.21. The van der Waals surface area contributed by atoms with Crippen molar-refractivity contribution in [1.29, 1.82) is 0 Å². The maximum atomic E-state index is 11.2. The highest BCUT2D eigenvalue weighted by atomic mass is 16.4. The van der Waals surface area contributed by atoms with Crippen molar-refractivity contribution in [3.63, 3.8) is 0 Å². The zero-order chi connectivity index (χ0) is 20.8. The van der Waals surface area contributed by atoms with Crippen LogP contribution >= 0.6 is 0 Å². The largest absolute Gasteiger partial charge is 0.508 e. The van der Waals surface area contributed by atoms with E-state index < -0.39 is 11.8 Å². The number of carboxylic acid groups (broad SMARTS) is 2. The fourth-order valence-corrected chi connectivity index (χ4v) is 3.90. The Labute approximate surface area is 170 Å². The van der Waals surface area contributed by atoms with Gasteiger partial charge in [-0.1, -0.05) is 30.6 Å². The van der Waals surface area contributed by atoms with Crippen molar-refractivity contribution in [2.24, 2.45) is 0 Å². The Hall–Kier alpha value is -2.87. The van der Waals surface area contributed by atoms with Crippen LogP contribution in [0.15, 0.2) is 36.4 Å². The number of phenolic OH excluding ortho intramolecular Hbond substituents is 1. The summed E-state index contributed by atoms with van der Waals surface area (Å²) in [6, 6.07) is 10.6. The second-order valence-electron chi connectivity index (χ2n) is 7.19. The van der Waals surface area contributed by atoms with E-state index in [4.69, 9.17) is 5.11 Å². The number of aromatic carboxylic acids is 1. The fraction of sp³-hybridized carbons (Fsp3) is 0.381. The predicted octanol–water partition coefficient (Wildman–Crippen LogP) is 3.21. The van der Waals surface area contributed by atoms with Gasteiger partial charge in [0.05, 0.1) is 0 Å². The van der Waals surface area contributed by atoms with Crippen LogP contribution in [0.2, 0.25) is 6.32 Å². The first-order valence-corrected chi connectivity index (χ1v) is 9.76. The maximum absolute atomic E-state index is 11.2. The first-order valence-electron chi connectivity index (χ1n) is 9.76. The molecule has 1 aromatic carbocycles. The minimum atomic E-state index is -1.04. The molecule has 0 aliphatic heterocycles. The summed E-state index contributed by atoms with van der Waals surface area (Å²) >= 11 is 0. The Morgan fingerprint density at radius 3 is 2.66 bits per heavy atom. The number of aromatic hydroxyl groups is 1. The van der Waals surface area contributed by atoms with E-state index >= 15 is 0 Å². The molecule has 1 unspecified atom stereocenters. The van der Waals surface area contributed by atoms with Crippen LogP contribution < -0.4 is 0 Å². The summed E-state index contributed by atoms with van der Waals surface area (Å²) in [4.78, 5) is 28.7. The number of aromatic nitrogens is 1. The molecule has 1 aliphatic carbocycles. The highest BCUT2D eigenvalue weighted by Gasteiger charge is 2.27. The molecule has 151 valence electrons. The van der Waals surface area contributed by atoms with E-state index in [-0.39, 0.29) is 17.5 Å². The SMILES string of the molecule is O=C(O)[B]CCN(CCc1ccccc1O)C1CCCc2nc(C(=O)O)ccc21. The molecule has 29 heavy (non-hydrogen) atoms. The maximum Gasteiger partial charge on any atom is 0.354 e. The van der Waals surface area contributed by atoms with E-state index in [0.717, 1.165) is 36.1 Å². The van der Waals surface area contributed by atoms with Crippen molar-refractivity contribution in [3.05, 3.63) is 58.9 Å². The Morgan fingerprint density at radius 1 is 1.14 bits per heavy atom. The van der Waals surface area contributed by atoms with Gasteiger partial charge in [-0.05, 0) is 55.5 Å². The number of rotatable bonds is 9. The van der Waals surface area contributed by atoms with Crippen LogP contribution in [0.1, 0.15) is 46.2 Å². The number of phenols is 1. The lowest BCUT2D eigenvalue weighted by molar-refractivity contribution is 0.0689. The standard InChI is InChI=1S/C21H24BN2O5/c25-19-7-2-1-4-14(19)10-12-24(13-11-22-21(28)29)18-6-3-5-16-15(18)8-9-17(23-16)20(26)27/h1-2,4,7-9,18,25H,3,5-6,10-13H2,(H,26,27)(H,28,29). The first-order chi connectivity index (χ1) is 14.0. The molecule has 8 heteroatoms. The van der Waals surface area contributed by atoms with Crippen LogP contribution in [0.25, 0.3) is 0 Å². The van der Waals surface area contributed by atoms with Gasteiger partial charge >= 0.3 is 5.97 Å². The Bertz CT molecular complexity index is 889. The number of para-hydroxylation sites is 1. The molecule has 3 N–H and O–H groups in total. The van der Waals surface area contributed by atoms with E-state index in [1.807, 2.05) is 18.2 Å². The molecule has 1 radical (unpaired) electrons. The number of carbonyl (C=O) groups is 2. The molecular weight excluding hydrogens is 371 g/mol. The van der Waals surface area contributed by atoms with Gasteiger partial charge in [-0.3, -0.25) is 9.69 Å². The quantitative estimate of drug-likeness (QED) is 0.559. The third kappa shape index (κ3) is 5.35. The lowest BCUT2D eigenvalue weighted by atomic mass is 9.74. The number of carboxylic acids is 1. The number of pyridine rings is 1. The molecule has 3 rings (SSSR count). The summed E-state index contributed by atoms with van der Waals surface area (Å²) in [5.74, 6) is -1.73. The van der Waals surface area contributed by atoms with Gasteiger partial charge in [-0.15, -0.1) is 0 Å². The second-order valence-corrected chi connectivity index (χ2v) is 7.19. The lowest BCUT2D eigenvalue weighted by Gasteiger charge is -2.35. The summed E-state index contributed by atoms with van der Waals surface area (Å²) in [6.07, 6.45) is 3.56. The van der Waals surface area contributed by atoms with Crippen LogP contribution in [-0.4, -0.2) is 57.4 Å². The molecule has 0 bridgehead atoms. The molecule has 7 nitrogen and oxygen atoms in total. The number of fused-ring (bicyclic) bond motifs is 1. The predicted molar refractivity (Wildman–Crippen MR) is 109 cm³/mol. The zero-order valence-electron chi connectivity index (χ0n) is 16.1. The highest BCUT2D eigenvalue weighted by Crippen LogP contribution is 2.34. The normalized spacial score (nSPS) is 15.7. The smallest absolute Gasteiger partial charge is 0.354 e. The summed E-state index contributed by atoms with van der Waals surface area (Å²) in [5.41, 5.74) is 2.70. The van der Waals surface area contributed by atoms with Crippen molar-refractivity contribution in [2.45, 2.75) is 38.0 Å². The Balaban J connectivity index is 1.81. The molecule has 0 amide bonds. The van der Waals surface area contributed by atoms with Crippen LogP contribution in [0.3, 0.4) is 0 Å². The van der Waals surface area contributed by atoms with Crippen molar-refractivity contribution >= 4 is 19.1 Å². The number of hydrogen-bond acceptors (Lipinski definition) is 5. The van der Waals surface area contributed by atoms with Gasteiger partial charge in [-0.25, -0.2) is 9.78 Å². The molecule has 0 saturated heterocycles. The van der Waals surface area contributed by atoms with Crippen LogP contribution in [0.4, 0.5) is 4.79 Å². The van der Waals surface area contributed by atoms with Gasteiger partial charge in [-0.2, -0.15) is 0 Å². The average molecular weight is 395 g/mol. The lowest BCUT2D eigenvalue weighted by Crippen LogP contribution is -2.35. The van der Waals surface area contributed by atoms with Crippen molar-refractivity contribution in [3.8, 4) is 5.75 Å². The monoisotopic (exact) mass is 395 g/mol. The number of hydrogen-bond donors (Lipinski definition) is 3. The molecule has 0 saturated carbocycles. The Morgan fingerprint density at radius 2 is 1.93 bits per heavy atom. The van der Waals surface area contributed by atoms with Crippen molar-refractivity contribution < 1.29 is 24.9 Å². The van der Waals surface area contributed by atoms with Gasteiger partial charge in [0.15, 0.2) is 0 Å². The second kappa shape index (κ2) is 9.56. The zero-order valence-corrected chi connectivity index (χ0v) is 16.1.